The van der Waals surface area contributed by atoms with E-state index in [4.69, 9.17) is 9.47 Å². The molecule has 2 amide bonds. The number of benzene rings is 3. The van der Waals surface area contributed by atoms with Gasteiger partial charge in [0.1, 0.15) is 12.6 Å². The largest absolute Gasteiger partial charge is 0.479 e. The van der Waals surface area contributed by atoms with E-state index in [0.717, 1.165) is 27.8 Å². The SMILES string of the molecule is COC(CCNC(=O)C(CN(C)Cc1ccccc1)NC(=O)OCC1c2ccccc2-c2ccccc21)C(=O)O. The molecule has 0 aliphatic heterocycles. The predicted molar refractivity (Wildman–Crippen MR) is 151 cm³/mol. The molecule has 0 saturated carbocycles. The Labute approximate surface area is 234 Å². The zero-order valence-corrected chi connectivity index (χ0v) is 22.7. The average molecular weight is 546 g/mol. The lowest BCUT2D eigenvalue weighted by Crippen LogP contribution is -2.52. The van der Waals surface area contributed by atoms with Crippen LogP contribution in [-0.4, -0.2) is 74.0 Å². The fourth-order valence-corrected chi connectivity index (χ4v) is 5.04. The third-order valence-electron chi connectivity index (χ3n) is 7.01. The molecule has 210 valence electrons. The second kappa shape index (κ2) is 13.7. The van der Waals surface area contributed by atoms with Gasteiger partial charge in [-0.15, -0.1) is 0 Å². The maximum Gasteiger partial charge on any atom is 0.407 e. The number of hydrogen-bond acceptors (Lipinski definition) is 6. The summed E-state index contributed by atoms with van der Waals surface area (Å²) in [5.74, 6) is -1.64. The number of fused-ring (bicyclic) bond motifs is 3. The van der Waals surface area contributed by atoms with Crippen LogP contribution in [0.2, 0.25) is 0 Å². The van der Waals surface area contributed by atoms with Gasteiger partial charge in [0.2, 0.25) is 5.91 Å². The number of hydrogen-bond donors (Lipinski definition) is 3. The van der Waals surface area contributed by atoms with Crippen molar-refractivity contribution in [1.29, 1.82) is 0 Å². The molecule has 0 aromatic heterocycles. The van der Waals surface area contributed by atoms with Gasteiger partial charge < -0.3 is 25.2 Å². The fraction of sp³-hybridized carbons (Fsp3) is 0.323. The summed E-state index contributed by atoms with van der Waals surface area (Å²) >= 11 is 0. The number of alkyl carbamates (subject to hydrolysis) is 1. The zero-order chi connectivity index (χ0) is 28.5. The number of rotatable bonds is 13. The van der Waals surface area contributed by atoms with Gasteiger partial charge in [0.15, 0.2) is 6.10 Å². The summed E-state index contributed by atoms with van der Waals surface area (Å²) in [5, 5.41) is 14.6. The number of aliphatic carboxylic acids is 1. The number of nitrogens with zero attached hydrogens (tertiary/aromatic N) is 1. The maximum absolute atomic E-state index is 13.1. The topological polar surface area (TPSA) is 117 Å². The van der Waals surface area contributed by atoms with Gasteiger partial charge in [0, 0.05) is 39.1 Å². The van der Waals surface area contributed by atoms with Crippen molar-refractivity contribution in [2.45, 2.75) is 31.0 Å². The van der Waals surface area contributed by atoms with Crippen molar-refractivity contribution >= 4 is 18.0 Å². The Kier molecular flexibility index (Phi) is 9.88. The molecule has 3 aromatic rings. The second-order valence-electron chi connectivity index (χ2n) is 9.85. The van der Waals surface area contributed by atoms with Gasteiger partial charge in [-0.3, -0.25) is 9.69 Å². The minimum atomic E-state index is -1.10. The molecule has 0 saturated heterocycles. The summed E-state index contributed by atoms with van der Waals surface area (Å²) in [6.45, 7) is 0.996. The van der Waals surface area contributed by atoms with Crippen molar-refractivity contribution < 1.29 is 29.0 Å². The number of carboxylic acid groups (broad SMARTS) is 1. The van der Waals surface area contributed by atoms with Crippen molar-refractivity contribution in [3.63, 3.8) is 0 Å². The van der Waals surface area contributed by atoms with Gasteiger partial charge in [-0.25, -0.2) is 9.59 Å². The van der Waals surface area contributed by atoms with Crippen LogP contribution in [0.1, 0.15) is 29.0 Å². The Morgan fingerprint density at radius 1 is 0.925 bits per heavy atom. The van der Waals surface area contributed by atoms with E-state index in [2.05, 4.69) is 22.8 Å². The Hall–Kier alpha value is -4.21. The van der Waals surface area contributed by atoms with Crippen LogP contribution in [0.3, 0.4) is 0 Å². The van der Waals surface area contributed by atoms with Crippen LogP contribution in [0, 0.1) is 0 Å². The van der Waals surface area contributed by atoms with E-state index in [0.29, 0.717) is 6.54 Å². The average Bonchev–Trinajstić information content (AvgIpc) is 3.27. The van der Waals surface area contributed by atoms with Gasteiger partial charge in [-0.1, -0.05) is 78.9 Å². The molecule has 9 nitrogen and oxygen atoms in total. The highest BCUT2D eigenvalue weighted by molar-refractivity contribution is 5.86. The summed E-state index contributed by atoms with van der Waals surface area (Å²) < 4.78 is 10.6. The Morgan fingerprint density at radius 2 is 1.52 bits per heavy atom. The molecule has 3 N–H and O–H groups in total. The molecule has 0 radical (unpaired) electrons. The maximum atomic E-state index is 13.1. The lowest BCUT2D eigenvalue weighted by Gasteiger charge is -2.25. The molecule has 4 rings (SSSR count). The molecule has 1 aliphatic carbocycles. The first-order valence-corrected chi connectivity index (χ1v) is 13.2. The summed E-state index contributed by atoms with van der Waals surface area (Å²) in [6.07, 6.45) is -1.64. The highest BCUT2D eigenvalue weighted by atomic mass is 16.5. The van der Waals surface area contributed by atoms with Crippen molar-refractivity contribution in [2.75, 3.05) is 33.9 Å². The number of carbonyl (C=O) groups is 3. The lowest BCUT2D eigenvalue weighted by atomic mass is 9.98. The Balaban J connectivity index is 1.40. The first-order chi connectivity index (χ1) is 19.4. The first kappa shape index (κ1) is 28.8. The molecular formula is C31H35N3O6. The number of nitrogens with one attached hydrogen (secondary N) is 2. The van der Waals surface area contributed by atoms with E-state index in [1.165, 1.54) is 7.11 Å². The van der Waals surface area contributed by atoms with Gasteiger partial charge in [0.05, 0.1) is 0 Å². The highest BCUT2D eigenvalue weighted by Gasteiger charge is 2.30. The number of amides is 2. The molecule has 0 heterocycles. The molecule has 0 spiro atoms. The molecule has 40 heavy (non-hydrogen) atoms. The van der Waals surface area contributed by atoms with E-state index >= 15 is 0 Å². The molecular weight excluding hydrogens is 510 g/mol. The molecule has 0 fully saturated rings. The molecule has 3 aromatic carbocycles. The van der Waals surface area contributed by atoms with E-state index in [1.807, 2.05) is 78.7 Å². The van der Waals surface area contributed by atoms with Gasteiger partial charge in [0.25, 0.3) is 0 Å². The van der Waals surface area contributed by atoms with Crippen LogP contribution in [0.25, 0.3) is 11.1 Å². The third-order valence-corrected chi connectivity index (χ3v) is 7.01. The van der Waals surface area contributed by atoms with Crippen LogP contribution in [0.15, 0.2) is 78.9 Å². The van der Waals surface area contributed by atoms with Crippen molar-refractivity contribution in [3.05, 3.63) is 95.6 Å². The van der Waals surface area contributed by atoms with Gasteiger partial charge >= 0.3 is 12.1 Å². The minimum absolute atomic E-state index is 0.0783. The van der Waals surface area contributed by atoms with Crippen LogP contribution in [0.4, 0.5) is 4.79 Å². The second-order valence-corrected chi connectivity index (χ2v) is 9.85. The number of carbonyl (C=O) groups excluding carboxylic acids is 2. The van der Waals surface area contributed by atoms with Crippen LogP contribution in [0.5, 0.6) is 0 Å². The summed E-state index contributed by atoms with van der Waals surface area (Å²) in [5.41, 5.74) is 5.51. The predicted octanol–water partition coefficient (Wildman–Crippen LogP) is 3.63. The zero-order valence-electron chi connectivity index (χ0n) is 22.7. The van der Waals surface area contributed by atoms with E-state index < -0.39 is 30.1 Å². The summed E-state index contributed by atoms with van der Waals surface area (Å²) in [6, 6.07) is 25.0. The minimum Gasteiger partial charge on any atom is -0.479 e. The van der Waals surface area contributed by atoms with Crippen LogP contribution < -0.4 is 10.6 Å². The first-order valence-electron chi connectivity index (χ1n) is 13.2. The van der Waals surface area contributed by atoms with E-state index in [1.54, 1.807) is 0 Å². The number of likely N-dealkylation sites (N-methyl/N-ethyl adjacent to an activating group) is 1. The standard InChI is InChI=1S/C31H35N3O6/c1-34(18-21-10-4-3-5-11-21)19-27(29(35)32-17-16-28(39-2)30(36)37)33-31(38)40-20-26-24-14-8-6-12-22(24)23-13-7-9-15-25(23)26/h3-15,26-28H,16-20H2,1-2H3,(H,32,35)(H,33,38)(H,36,37). The number of methoxy groups -OCH3 is 1. The van der Waals surface area contributed by atoms with E-state index in [9.17, 15) is 19.5 Å². The normalized spacial score (nSPS) is 13.7. The van der Waals surface area contributed by atoms with Crippen LogP contribution >= 0.6 is 0 Å². The quantitative estimate of drug-likeness (QED) is 0.300. The Bertz CT molecular complexity index is 1270. The highest BCUT2D eigenvalue weighted by Crippen LogP contribution is 2.44. The monoisotopic (exact) mass is 545 g/mol. The van der Waals surface area contributed by atoms with Crippen molar-refractivity contribution in [3.8, 4) is 11.1 Å². The smallest absolute Gasteiger partial charge is 0.407 e. The van der Waals surface area contributed by atoms with Gasteiger partial charge in [-0.05, 0) is 34.9 Å². The molecule has 2 atom stereocenters. The Morgan fingerprint density at radius 3 is 2.12 bits per heavy atom. The molecule has 1 aliphatic rings. The van der Waals surface area contributed by atoms with E-state index in [-0.39, 0.29) is 32.0 Å². The fourth-order valence-electron chi connectivity index (χ4n) is 5.04. The summed E-state index contributed by atoms with van der Waals surface area (Å²) in [4.78, 5) is 39.2. The third kappa shape index (κ3) is 7.25. The molecule has 9 heteroatoms. The van der Waals surface area contributed by atoms with Crippen LogP contribution in [-0.2, 0) is 25.6 Å². The number of ether oxygens (including phenoxy) is 2. The van der Waals surface area contributed by atoms with Gasteiger partial charge in [-0.2, -0.15) is 0 Å². The molecule has 0 bridgehead atoms. The number of carboxylic acids is 1. The lowest BCUT2D eigenvalue weighted by molar-refractivity contribution is -0.149. The summed E-state index contributed by atoms with van der Waals surface area (Å²) in [7, 11) is 3.17. The molecule has 2 unspecified atom stereocenters. The van der Waals surface area contributed by atoms with Crippen molar-refractivity contribution in [2.24, 2.45) is 0 Å². The van der Waals surface area contributed by atoms with Crippen molar-refractivity contribution in [1.82, 2.24) is 15.5 Å².